The Morgan fingerprint density at radius 1 is 0.964 bits per heavy atom. The second-order valence-corrected chi connectivity index (χ2v) is 7.36. The van der Waals surface area contributed by atoms with Crippen molar-refractivity contribution in [1.82, 2.24) is 4.90 Å². The number of para-hydroxylation sites is 1. The van der Waals surface area contributed by atoms with Gasteiger partial charge in [0.1, 0.15) is 11.5 Å². The van der Waals surface area contributed by atoms with Gasteiger partial charge in [0.05, 0.1) is 5.56 Å². The molecule has 2 aromatic carbocycles. The van der Waals surface area contributed by atoms with Crippen LogP contribution in [0.3, 0.4) is 0 Å². The molecule has 5 nitrogen and oxygen atoms in total. The molecule has 0 bridgehead atoms. The minimum absolute atomic E-state index is 0.134. The normalized spacial score (nSPS) is 20.3. The van der Waals surface area contributed by atoms with E-state index < -0.39 is 12.1 Å². The molecule has 1 amide bonds. The molecule has 1 heterocycles. The molecule has 1 aliphatic heterocycles. The van der Waals surface area contributed by atoms with Crippen LogP contribution in [0.5, 0.6) is 11.5 Å². The van der Waals surface area contributed by atoms with Gasteiger partial charge in [-0.1, -0.05) is 24.3 Å². The van der Waals surface area contributed by atoms with E-state index in [1.165, 1.54) is 0 Å². The van der Waals surface area contributed by atoms with Crippen molar-refractivity contribution in [3.05, 3.63) is 60.2 Å². The Kier molecular flexibility index (Phi) is 6.34. The van der Waals surface area contributed by atoms with Crippen molar-refractivity contribution in [1.29, 1.82) is 0 Å². The van der Waals surface area contributed by atoms with Crippen molar-refractivity contribution >= 4 is 11.9 Å². The zero-order valence-corrected chi connectivity index (χ0v) is 16.6. The molecule has 0 N–H and O–H groups in total. The van der Waals surface area contributed by atoms with Gasteiger partial charge in [0, 0.05) is 12.1 Å². The summed E-state index contributed by atoms with van der Waals surface area (Å²) in [4.78, 5) is 27.2. The van der Waals surface area contributed by atoms with Crippen LogP contribution in [0.1, 0.15) is 50.4 Å². The van der Waals surface area contributed by atoms with E-state index in [-0.39, 0.29) is 18.0 Å². The summed E-state index contributed by atoms with van der Waals surface area (Å²) in [5, 5.41) is 0. The molecular formula is C23H27NO4. The number of carbonyl (C=O) groups excluding carboxylic acids is 2. The first-order chi connectivity index (χ1) is 13.5. The quantitative estimate of drug-likeness (QED) is 0.697. The molecule has 28 heavy (non-hydrogen) atoms. The number of piperidine rings is 1. The lowest BCUT2D eigenvalue weighted by Crippen LogP contribution is -2.51. The van der Waals surface area contributed by atoms with Gasteiger partial charge in [-0.05, 0) is 70.4 Å². The van der Waals surface area contributed by atoms with Crippen LogP contribution in [0.2, 0.25) is 0 Å². The van der Waals surface area contributed by atoms with E-state index in [0.717, 1.165) is 19.3 Å². The first kappa shape index (κ1) is 19.9. The predicted octanol–water partition coefficient (Wildman–Crippen LogP) is 4.81. The highest BCUT2D eigenvalue weighted by molar-refractivity contribution is 5.92. The van der Waals surface area contributed by atoms with Gasteiger partial charge in [0.25, 0.3) is 5.91 Å². The van der Waals surface area contributed by atoms with E-state index in [4.69, 9.17) is 9.47 Å². The van der Waals surface area contributed by atoms with E-state index in [1.54, 1.807) is 31.2 Å². The third-order valence-corrected chi connectivity index (χ3v) is 5.13. The lowest BCUT2D eigenvalue weighted by atomic mass is 9.97. The Hall–Kier alpha value is -2.82. The minimum Gasteiger partial charge on any atom is -0.457 e. The van der Waals surface area contributed by atoms with Crippen LogP contribution < -0.4 is 4.74 Å². The van der Waals surface area contributed by atoms with Crippen LogP contribution in [0, 0.1) is 0 Å². The maximum absolute atomic E-state index is 12.8. The molecule has 0 unspecified atom stereocenters. The highest BCUT2D eigenvalue weighted by Crippen LogP contribution is 2.25. The van der Waals surface area contributed by atoms with E-state index in [1.807, 2.05) is 49.1 Å². The Bertz CT molecular complexity index is 810. The number of benzene rings is 2. The molecule has 0 aliphatic carbocycles. The number of ether oxygens (including phenoxy) is 2. The molecular weight excluding hydrogens is 354 g/mol. The molecule has 0 aromatic heterocycles. The molecule has 0 spiro atoms. The lowest BCUT2D eigenvalue weighted by molar-refractivity contribution is -0.146. The number of amides is 1. The Balaban J connectivity index is 1.65. The number of esters is 1. The van der Waals surface area contributed by atoms with Crippen LogP contribution >= 0.6 is 0 Å². The number of carbonyl (C=O) groups is 2. The van der Waals surface area contributed by atoms with Crippen LogP contribution in [-0.4, -0.2) is 35.0 Å². The molecule has 2 aromatic rings. The van der Waals surface area contributed by atoms with Crippen molar-refractivity contribution < 1.29 is 19.1 Å². The zero-order valence-electron chi connectivity index (χ0n) is 16.6. The van der Waals surface area contributed by atoms with Gasteiger partial charge < -0.3 is 14.4 Å². The molecule has 3 atom stereocenters. The Labute approximate surface area is 166 Å². The highest BCUT2D eigenvalue weighted by atomic mass is 16.5. The number of nitrogens with zero attached hydrogens (tertiary/aromatic N) is 1. The summed E-state index contributed by atoms with van der Waals surface area (Å²) in [6, 6.07) is 16.5. The van der Waals surface area contributed by atoms with E-state index >= 15 is 0 Å². The number of likely N-dealkylation sites (tertiary alicyclic amines) is 1. The fraction of sp³-hybridized carbons (Fsp3) is 0.391. The van der Waals surface area contributed by atoms with Crippen molar-refractivity contribution in [3.63, 3.8) is 0 Å². The highest BCUT2D eigenvalue weighted by Gasteiger charge is 2.33. The van der Waals surface area contributed by atoms with E-state index in [0.29, 0.717) is 17.1 Å². The molecule has 1 aliphatic rings. The summed E-state index contributed by atoms with van der Waals surface area (Å²) < 4.78 is 11.2. The fourth-order valence-corrected chi connectivity index (χ4v) is 3.66. The summed E-state index contributed by atoms with van der Waals surface area (Å²) in [6.45, 7) is 5.73. The van der Waals surface area contributed by atoms with Crippen molar-refractivity contribution in [2.45, 2.75) is 58.2 Å². The second-order valence-electron chi connectivity index (χ2n) is 7.36. The monoisotopic (exact) mass is 381 g/mol. The first-order valence-corrected chi connectivity index (χ1v) is 9.82. The van der Waals surface area contributed by atoms with Crippen molar-refractivity contribution in [3.8, 4) is 11.5 Å². The maximum atomic E-state index is 12.8. The smallest absolute Gasteiger partial charge is 0.339 e. The largest absolute Gasteiger partial charge is 0.457 e. The summed E-state index contributed by atoms with van der Waals surface area (Å²) in [5.74, 6) is 0.559. The van der Waals surface area contributed by atoms with Crippen LogP contribution in [0.15, 0.2) is 54.6 Å². The second kappa shape index (κ2) is 8.91. The fourth-order valence-electron chi connectivity index (χ4n) is 3.66. The molecule has 0 radical (unpaired) electrons. The molecule has 0 saturated carbocycles. The van der Waals surface area contributed by atoms with Crippen LogP contribution in [0.4, 0.5) is 0 Å². The summed E-state index contributed by atoms with van der Waals surface area (Å²) in [5.41, 5.74) is 0.354. The van der Waals surface area contributed by atoms with E-state index in [9.17, 15) is 9.59 Å². The van der Waals surface area contributed by atoms with Crippen LogP contribution in [0.25, 0.3) is 0 Å². The van der Waals surface area contributed by atoms with Gasteiger partial charge in [0.2, 0.25) is 0 Å². The van der Waals surface area contributed by atoms with Gasteiger partial charge in [-0.2, -0.15) is 0 Å². The van der Waals surface area contributed by atoms with Crippen molar-refractivity contribution in [2.75, 3.05) is 0 Å². The molecule has 5 heteroatoms. The number of rotatable bonds is 5. The minimum atomic E-state index is -0.825. The van der Waals surface area contributed by atoms with Gasteiger partial charge in [0.15, 0.2) is 6.10 Å². The number of hydrogen-bond donors (Lipinski definition) is 0. The average Bonchev–Trinajstić information content (AvgIpc) is 2.68. The van der Waals surface area contributed by atoms with Gasteiger partial charge >= 0.3 is 5.97 Å². The van der Waals surface area contributed by atoms with Crippen LogP contribution in [-0.2, 0) is 9.53 Å². The third-order valence-electron chi connectivity index (χ3n) is 5.13. The Morgan fingerprint density at radius 2 is 1.61 bits per heavy atom. The standard InChI is InChI=1S/C23H27NO4/c1-16-9-7-10-17(2)24(16)22(25)18(3)27-23(26)19-11-8-14-21(15-19)28-20-12-5-4-6-13-20/h4-6,8,11-18H,7,9-10H2,1-3H3/t16-,17-,18+/m0/s1. The van der Waals surface area contributed by atoms with Crippen molar-refractivity contribution in [2.24, 2.45) is 0 Å². The third kappa shape index (κ3) is 4.71. The lowest BCUT2D eigenvalue weighted by Gasteiger charge is -2.40. The molecule has 148 valence electrons. The zero-order chi connectivity index (χ0) is 20.1. The molecule has 1 saturated heterocycles. The SMILES string of the molecule is C[C@@H](OC(=O)c1cccc(Oc2ccccc2)c1)C(=O)N1[C@@H](C)CCC[C@@H]1C. The number of hydrogen-bond acceptors (Lipinski definition) is 4. The molecule has 1 fully saturated rings. The van der Waals surface area contributed by atoms with Gasteiger partial charge in [-0.15, -0.1) is 0 Å². The van der Waals surface area contributed by atoms with E-state index in [2.05, 4.69) is 0 Å². The summed E-state index contributed by atoms with van der Waals surface area (Å²) in [7, 11) is 0. The maximum Gasteiger partial charge on any atom is 0.339 e. The average molecular weight is 381 g/mol. The predicted molar refractivity (Wildman–Crippen MR) is 107 cm³/mol. The van der Waals surface area contributed by atoms with Gasteiger partial charge in [-0.3, -0.25) is 4.79 Å². The summed E-state index contributed by atoms with van der Waals surface area (Å²) >= 11 is 0. The van der Waals surface area contributed by atoms with Gasteiger partial charge in [-0.25, -0.2) is 4.79 Å². The topological polar surface area (TPSA) is 55.8 Å². The summed E-state index contributed by atoms with van der Waals surface area (Å²) in [6.07, 6.45) is 2.26. The first-order valence-electron chi connectivity index (χ1n) is 9.82. The Morgan fingerprint density at radius 3 is 2.29 bits per heavy atom. The molecule has 3 rings (SSSR count).